The number of carbonyl (C=O) groups excluding carboxylic acids is 1. The lowest BCUT2D eigenvalue weighted by molar-refractivity contribution is -0.138. The summed E-state index contributed by atoms with van der Waals surface area (Å²) in [6.07, 6.45) is 6.72. The lowest BCUT2D eigenvalue weighted by Crippen LogP contribution is -2.45. The van der Waals surface area contributed by atoms with Gasteiger partial charge in [0.15, 0.2) is 0 Å². The molecular weight excluding hydrogens is 248 g/mol. The van der Waals surface area contributed by atoms with Crippen molar-refractivity contribution in [2.75, 3.05) is 0 Å². The summed E-state index contributed by atoms with van der Waals surface area (Å²) in [6.45, 7) is 2.07. The number of benzene rings is 1. The van der Waals surface area contributed by atoms with Crippen molar-refractivity contribution in [3.63, 3.8) is 0 Å². The molecule has 0 spiro atoms. The van der Waals surface area contributed by atoms with Crippen molar-refractivity contribution in [1.29, 1.82) is 0 Å². The van der Waals surface area contributed by atoms with Gasteiger partial charge in [-0.25, -0.2) is 0 Å². The minimum atomic E-state index is -0.482. The fourth-order valence-electron chi connectivity index (χ4n) is 3.49. The summed E-state index contributed by atoms with van der Waals surface area (Å²) in [5, 5.41) is 10.6. The third kappa shape index (κ3) is 3.29. The van der Waals surface area contributed by atoms with Gasteiger partial charge >= 0.3 is 0 Å². The van der Waals surface area contributed by atoms with Gasteiger partial charge in [0.05, 0.1) is 11.5 Å². The van der Waals surface area contributed by atoms with Crippen LogP contribution in [0.3, 0.4) is 0 Å². The number of rotatable bonds is 6. The molecule has 1 unspecified atom stereocenters. The summed E-state index contributed by atoms with van der Waals surface area (Å²) >= 11 is 0. The monoisotopic (exact) mass is 274 g/mol. The smallest absolute Gasteiger partial charge is 0.145 e. The molecule has 0 heterocycles. The predicted molar refractivity (Wildman–Crippen MR) is 81.6 cm³/mol. The van der Waals surface area contributed by atoms with Crippen LogP contribution in [-0.2, 0) is 11.2 Å². The van der Waals surface area contributed by atoms with Crippen LogP contribution in [-0.4, -0.2) is 17.0 Å². The first-order valence-electron chi connectivity index (χ1n) is 7.94. The highest BCUT2D eigenvalue weighted by atomic mass is 16.3. The minimum Gasteiger partial charge on any atom is -0.392 e. The van der Waals surface area contributed by atoms with Gasteiger partial charge in [0, 0.05) is 6.42 Å². The normalized spacial score (nSPS) is 19.5. The van der Waals surface area contributed by atoms with Crippen LogP contribution in [0.15, 0.2) is 30.3 Å². The zero-order chi connectivity index (χ0) is 14.4. The largest absolute Gasteiger partial charge is 0.392 e. The summed E-state index contributed by atoms with van der Waals surface area (Å²) in [7, 11) is 0. The van der Waals surface area contributed by atoms with E-state index in [4.69, 9.17) is 0 Å². The Labute approximate surface area is 122 Å². The molecule has 20 heavy (non-hydrogen) atoms. The van der Waals surface area contributed by atoms with Crippen molar-refractivity contribution in [3.8, 4) is 0 Å². The molecule has 0 amide bonds. The molecule has 1 saturated carbocycles. The summed E-state index contributed by atoms with van der Waals surface area (Å²) in [6, 6.07) is 9.91. The van der Waals surface area contributed by atoms with Crippen molar-refractivity contribution in [1.82, 2.24) is 0 Å². The molecule has 2 nitrogen and oxygen atoms in total. The summed E-state index contributed by atoms with van der Waals surface area (Å²) in [4.78, 5) is 12.8. The standard InChI is InChI=1S/C18H26O2/c1-2-9-16(19)18(12-7-4-8-13-18)17(20)14-15-10-5-3-6-11-15/h3,5-6,10-11,16,19H,2,4,7-9,12-14H2,1H3. The Balaban J connectivity index is 2.15. The molecule has 0 aliphatic heterocycles. The van der Waals surface area contributed by atoms with Gasteiger partial charge in [-0.2, -0.15) is 0 Å². The second-order valence-corrected chi connectivity index (χ2v) is 6.11. The van der Waals surface area contributed by atoms with Gasteiger partial charge < -0.3 is 5.11 Å². The molecule has 110 valence electrons. The molecule has 2 rings (SSSR count). The van der Waals surface area contributed by atoms with E-state index in [1.807, 2.05) is 30.3 Å². The molecule has 1 aromatic carbocycles. The third-order valence-corrected chi connectivity index (χ3v) is 4.71. The van der Waals surface area contributed by atoms with E-state index in [0.717, 1.165) is 44.1 Å². The maximum absolute atomic E-state index is 12.8. The number of hydrogen-bond donors (Lipinski definition) is 1. The molecule has 0 bridgehead atoms. The van der Waals surface area contributed by atoms with Crippen LogP contribution in [0.2, 0.25) is 0 Å². The second-order valence-electron chi connectivity index (χ2n) is 6.11. The molecule has 1 aliphatic rings. The lowest BCUT2D eigenvalue weighted by Gasteiger charge is -2.40. The average Bonchev–Trinajstić information content (AvgIpc) is 2.49. The predicted octanol–water partition coefficient (Wildman–Crippen LogP) is 3.91. The molecule has 0 radical (unpaired) electrons. The number of aliphatic hydroxyl groups excluding tert-OH is 1. The van der Waals surface area contributed by atoms with Gasteiger partial charge in [-0.15, -0.1) is 0 Å². The SMILES string of the molecule is CCCC(O)C1(C(=O)Cc2ccccc2)CCCCC1. The highest BCUT2D eigenvalue weighted by molar-refractivity contribution is 5.87. The zero-order valence-corrected chi connectivity index (χ0v) is 12.5. The average molecular weight is 274 g/mol. The highest BCUT2D eigenvalue weighted by Crippen LogP contribution is 2.42. The van der Waals surface area contributed by atoms with E-state index < -0.39 is 11.5 Å². The Bertz CT molecular complexity index is 418. The van der Waals surface area contributed by atoms with E-state index in [-0.39, 0.29) is 5.78 Å². The van der Waals surface area contributed by atoms with Gasteiger partial charge in [0.1, 0.15) is 5.78 Å². The maximum Gasteiger partial charge on any atom is 0.145 e. The van der Waals surface area contributed by atoms with E-state index >= 15 is 0 Å². The van der Waals surface area contributed by atoms with E-state index in [9.17, 15) is 9.90 Å². The molecule has 2 heteroatoms. The van der Waals surface area contributed by atoms with E-state index in [1.54, 1.807) is 0 Å². The van der Waals surface area contributed by atoms with Crippen LogP contribution < -0.4 is 0 Å². The first-order valence-corrected chi connectivity index (χ1v) is 7.94. The summed E-state index contributed by atoms with van der Waals surface area (Å²) in [5.74, 6) is 0.240. The van der Waals surface area contributed by atoms with Crippen molar-refractivity contribution in [3.05, 3.63) is 35.9 Å². The molecule has 1 aliphatic carbocycles. The number of hydrogen-bond acceptors (Lipinski definition) is 2. The number of ketones is 1. The van der Waals surface area contributed by atoms with Gasteiger partial charge in [0.2, 0.25) is 0 Å². The van der Waals surface area contributed by atoms with E-state index in [2.05, 4.69) is 6.92 Å². The molecule has 0 saturated heterocycles. The van der Waals surface area contributed by atoms with E-state index in [0.29, 0.717) is 6.42 Å². The van der Waals surface area contributed by atoms with Crippen LogP contribution in [0.4, 0.5) is 0 Å². The van der Waals surface area contributed by atoms with Crippen LogP contribution in [0.1, 0.15) is 57.4 Å². The highest BCUT2D eigenvalue weighted by Gasteiger charge is 2.44. The zero-order valence-electron chi connectivity index (χ0n) is 12.5. The van der Waals surface area contributed by atoms with Crippen LogP contribution in [0.5, 0.6) is 0 Å². The maximum atomic E-state index is 12.8. The fraction of sp³-hybridized carbons (Fsp3) is 0.611. The number of carbonyl (C=O) groups is 1. The second kappa shape index (κ2) is 7.03. The lowest BCUT2D eigenvalue weighted by atomic mass is 9.65. The Morgan fingerprint density at radius 2 is 1.85 bits per heavy atom. The van der Waals surface area contributed by atoms with Gasteiger partial charge in [0.25, 0.3) is 0 Å². The Morgan fingerprint density at radius 1 is 1.20 bits per heavy atom. The third-order valence-electron chi connectivity index (χ3n) is 4.71. The molecule has 0 aromatic heterocycles. The summed E-state index contributed by atoms with van der Waals surface area (Å²) < 4.78 is 0. The van der Waals surface area contributed by atoms with Crippen LogP contribution in [0, 0.1) is 5.41 Å². The van der Waals surface area contributed by atoms with Gasteiger partial charge in [-0.1, -0.05) is 62.9 Å². The van der Waals surface area contributed by atoms with Crippen LogP contribution >= 0.6 is 0 Å². The van der Waals surface area contributed by atoms with Crippen LogP contribution in [0.25, 0.3) is 0 Å². The first-order chi connectivity index (χ1) is 9.69. The van der Waals surface area contributed by atoms with Crippen molar-refractivity contribution < 1.29 is 9.90 Å². The van der Waals surface area contributed by atoms with Gasteiger partial charge in [-0.3, -0.25) is 4.79 Å². The summed E-state index contributed by atoms with van der Waals surface area (Å²) in [5.41, 5.74) is 0.579. The van der Waals surface area contributed by atoms with Crippen molar-refractivity contribution in [2.45, 2.75) is 64.4 Å². The molecule has 1 N–H and O–H groups in total. The Hall–Kier alpha value is -1.15. The topological polar surface area (TPSA) is 37.3 Å². The quantitative estimate of drug-likeness (QED) is 0.854. The van der Waals surface area contributed by atoms with Gasteiger partial charge in [-0.05, 0) is 24.8 Å². The number of aliphatic hydroxyl groups is 1. The van der Waals surface area contributed by atoms with Crippen molar-refractivity contribution >= 4 is 5.78 Å². The van der Waals surface area contributed by atoms with E-state index in [1.165, 1.54) is 6.42 Å². The molecule has 1 fully saturated rings. The molecular formula is C18H26O2. The molecule has 1 aromatic rings. The van der Waals surface area contributed by atoms with Crippen molar-refractivity contribution in [2.24, 2.45) is 5.41 Å². The fourth-order valence-corrected chi connectivity index (χ4v) is 3.49. The Kier molecular flexibility index (Phi) is 5.36. The minimum absolute atomic E-state index is 0.240. The number of Topliss-reactive ketones (excluding diaryl/α,β-unsaturated/α-hetero) is 1. The first kappa shape index (κ1) is 15.2. The molecule has 1 atom stereocenters. The Morgan fingerprint density at radius 3 is 2.45 bits per heavy atom.